The Morgan fingerprint density at radius 1 is 1.48 bits per heavy atom. The van der Waals surface area contributed by atoms with Crippen molar-refractivity contribution in [2.45, 2.75) is 31.7 Å². The Balaban J connectivity index is 1.82. The third-order valence-electron chi connectivity index (χ3n) is 4.68. The number of H-pyrrole nitrogens is 1. The lowest BCUT2D eigenvalue weighted by molar-refractivity contribution is -0.0297. The summed E-state index contributed by atoms with van der Waals surface area (Å²) in [6.45, 7) is 4.52. The second kappa shape index (κ2) is 8.49. The highest BCUT2D eigenvalue weighted by Crippen LogP contribution is 2.29. The van der Waals surface area contributed by atoms with Crippen LogP contribution in [0.4, 0.5) is 10.7 Å². The number of carbonyl (C=O) groups excluding carboxylic acids is 1. The molecule has 0 radical (unpaired) electrons. The summed E-state index contributed by atoms with van der Waals surface area (Å²) >= 11 is 0. The van der Waals surface area contributed by atoms with Gasteiger partial charge < -0.3 is 25.8 Å². The van der Waals surface area contributed by atoms with E-state index in [2.05, 4.69) is 16.5 Å². The van der Waals surface area contributed by atoms with Gasteiger partial charge in [0.05, 0.1) is 6.10 Å². The fraction of sp³-hybridized carbons (Fsp3) is 0.529. The van der Waals surface area contributed by atoms with Gasteiger partial charge in [0.2, 0.25) is 5.95 Å². The SMILES string of the molecule is C=CCn1c(=O)n(C2CCC(COC(=O)N(C)CCN)O2)c2nc(N)[nH]c(=O)c21. The first-order valence-electron chi connectivity index (χ1n) is 9.22. The minimum absolute atomic E-state index is 0.0421. The van der Waals surface area contributed by atoms with Crippen molar-refractivity contribution in [3.05, 3.63) is 33.5 Å². The van der Waals surface area contributed by atoms with Gasteiger partial charge in [-0.1, -0.05) is 6.08 Å². The molecule has 2 aromatic rings. The number of nitrogens with two attached hydrogens (primary N) is 2. The molecule has 1 fully saturated rings. The third kappa shape index (κ3) is 4.03. The number of rotatable bonds is 7. The molecule has 1 amide bonds. The Labute approximate surface area is 165 Å². The summed E-state index contributed by atoms with van der Waals surface area (Å²) < 4.78 is 13.7. The van der Waals surface area contributed by atoms with Crippen LogP contribution in [0.1, 0.15) is 19.1 Å². The van der Waals surface area contributed by atoms with E-state index in [1.807, 2.05) is 0 Å². The molecule has 1 saturated heterocycles. The first-order valence-corrected chi connectivity index (χ1v) is 9.22. The first-order chi connectivity index (χ1) is 13.9. The molecule has 0 aliphatic carbocycles. The van der Waals surface area contributed by atoms with Crippen molar-refractivity contribution < 1.29 is 14.3 Å². The summed E-state index contributed by atoms with van der Waals surface area (Å²) in [7, 11) is 1.59. The maximum absolute atomic E-state index is 12.9. The molecule has 2 aromatic heterocycles. The van der Waals surface area contributed by atoms with E-state index >= 15 is 0 Å². The fourth-order valence-electron chi connectivity index (χ4n) is 3.32. The largest absolute Gasteiger partial charge is 0.447 e. The molecule has 0 aromatic carbocycles. The Bertz CT molecular complexity index is 1020. The first kappa shape index (κ1) is 20.6. The lowest BCUT2D eigenvalue weighted by atomic mass is 10.2. The van der Waals surface area contributed by atoms with E-state index in [0.717, 1.165) is 0 Å². The number of likely N-dealkylation sites (N-methyl/N-ethyl adjacent to an activating group) is 1. The molecule has 158 valence electrons. The normalized spacial score (nSPS) is 18.8. The van der Waals surface area contributed by atoms with Gasteiger partial charge in [0.25, 0.3) is 5.56 Å². The summed E-state index contributed by atoms with van der Waals surface area (Å²) in [5.41, 5.74) is 10.4. The van der Waals surface area contributed by atoms with Crippen molar-refractivity contribution >= 4 is 23.2 Å². The smallest absolute Gasteiger partial charge is 0.409 e. The minimum atomic E-state index is -0.657. The van der Waals surface area contributed by atoms with Gasteiger partial charge in [0.1, 0.15) is 12.8 Å². The zero-order valence-electron chi connectivity index (χ0n) is 16.2. The van der Waals surface area contributed by atoms with Gasteiger partial charge in [-0.3, -0.25) is 14.3 Å². The number of nitrogens with zero attached hydrogens (tertiary/aromatic N) is 4. The van der Waals surface area contributed by atoms with Crippen LogP contribution in [0.2, 0.25) is 0 Å². The van der Waals surface area contributed by atoms with Crippen LogP contribution < -0.4 is 22.7 Å². The highest BCUT2D eigenvalue weighted by Gasteiger charge is 2.32. The summed E-state index contributed by atoms with van der Waals surface area (Å²) in [5.74, 6) is -0.0987. The van der Waals surface area contributed by atoms with E-state index in [1.54, 1.807) is 7.05 Å². The number of ether oxygens (including phenoxy) is 2. The number of nitrogens with one attached hydrogen (secondary N) is 1. The monoisotopic (exact) mass is 407 g/mol. The number of hydrogen-bond acceptors (Lipinski definition) is 8. The number of imidazole rings is 1. The van der Waals surface area contributed by atoms with Crippen molar-refractivity contribution in [3.8, 4) is 0 Å². The van der Waals surface area contributed by atoms with Gasteiger partial charge in [0.15, 0.2) is 11.2 Å². The number of carbonyl (C=O) groups is 1. The average molecular weight is 407 g/mol. The van der Waals surface area contributed by atoms with Gasteiger partial charge in [-0.25, -0.2) is 14.2 Å². The number of fused-ring (bicyclic) bond motifs is 1. The molecule has 5 N–H and O–H groups in total. The molecule has 0 bridgehead atoms. The topological polar surface area (TPSA) is 163 Å². The predicted octanol–water partition coefficient (Wildman–Crippen LogP) is -0.641. The van der Waals surface area contributed by atoms with Crippen LogP contribution in [0.3, 0.4) is 0 Å². The standard InChI is InChI=1S/C17H25N7O5/c1-3-7-23-12-13(20-15(19)21-14(12)25)24(16(23)26)11-5-4-10(29-11)9-28-17(27)22(2)8-6-18/h3,10-11H,1,4-9,18H2,2H3,(H3,19,20,21,25). The van der Waals surface area contributed by atoms with E-state index < -0.39 is 23.6 Å². The highest BCUT2D eigenvalue weighted by molar-refractivity contribution is 5.71. The van der Waals surface area contributed by atoms with Crippen LogP contribution in [0.15, 0.2) is 22.2 Å². The molecule has 29 heavy (non-hydrogen) atoms. The number of hydrogen-bond donors (Lipinski definition) is 3. The van der Waals surface area contributed by atoms with E-state index in [1.165, 1.54) is 20.1 Å². The number of aromatic nitrogens is 4. The van der Waals surface area contributed by atoms with Crippen molar-refractivity contribution in [2.75, 3.05) is 32.5 Å². The molecule has 0 spiro atoms. The average Bonchev–Trinajstić information content (AvgIpc) is 3.23. The summed E-state index contributed by atoms with van der Waals surface area (Å²) in [6, 6.07) is 0. The molecule has 12 nitrogen and oxygen atoms in total. The molecular weight excluding hydrogens is 382 g/mol. The summed E-state index contributed by atoms with van der Waals surface area (Å²) in [4.78, 5) is 45.1. The van der Waals surface area contributed by atoms with Gasteiger partial charge in [-0.15, -0.1) is 6.58 Å². The van der Waals surface area contributed by atoms with Crippen LogP contribution in [0.25, 0.3) is 11.2 Å². The van der Waals surface area contributed by atoms with Gasteiger partial charge in [-0.05, 0) is 12.8 Å². The fourth-order valence-corrected chi connectivity index (χ4v) is 3.32. The van der Waals surface area contributed by atoms with E-state index in [0.29, 0.717) is 25.9 Å². The third-order valence-corrected chi connectivity index (χ3v) is 4.68. The van der Waals surface area contributed by atoms with E-state index in [4.69, 9.17) is 20.9 Å². The summed E-state index contributed by atoms with van der Waals surface area (Å²) in [6.07, 6.45) is 1.02. The Hall–Kier alpha value is -3.12. The zero-order chi connectivity index (χ0) is 21.1. The van der Waals surface area contributed by atoms with Crippen molar-refractivity contribution in [2.24, 2.45) is 5.73 Å². The highest BCUT2D eigenvalue weighted by atomic mass is 16.6. The maximum Gasteiger partial charge on any atom is 0.409 e. The number of nitrogen functional groups attached to an aromatic ring is 1. The molecule has 2 atom stereocenters. The maximum atomic E-state index is 12.9. The number of amides is 1. The zero-order valence-corrected chi connectivity index (χ0v) is 16.2. The quantitative estimate of drug-likeness (QED) is 0.510. The van der Waals surface area contributed by atoms with Gasteiger partial charge >= 0.3 is 11.8 Å². The number of allylic oxidation sites excluding steroid dienone is 1. The molecule has 2 unspecified atom stereocenters. The Kier molecular flexibility index (Phi) is 6.03. The molecular formula is C17H25N7O5. The lowest BCUT2D eigenvalue weighted by Crippen LogP contribution is -2.34. The molecule has 3 heterocycles. The van der Waals surface area contributed by atoms with Crippen LogP contribution in [-0.4, -0.2) is 62.9 Å². The molecule has 1 aliphatic heterocycles. The molecule has 3 rings (SSSR count). The van der Waals surface area contributed by atoms with Crippen LogP contribution in [0.5, 0.6) is 0 Å². The molecule has 0 saturated carbocycles. The summed E-state index contributed by atoms with van der Waals surface area (Å²) in [5, 5.41) is 0. The number of aromatic amines is 1. The lowest BCUT2D eigenvalue weighted by Gasteiger charge is -2.18. The Morgan fingerprint density at radius 3 is 2.93 bits per heavy atom. The Morgan fingerprint density at radius 2 is 2.24 bits per heavy atom. The van der Waals surface area contributed by atoms with Crippen molar-refractivity contribution in [3.63, 3.8) is 0 Å². The van der Waals surface area contributed by atoms with Crippen LogP contribution in [-0.2, 0) is 16.0 Å². The number of anilines is 1. The second-order valence-corrected chi connectivity index (χ2v) is 6.75. The minimum Gasteiger partial charge on any atom is -0.447 e. The second-order valence-electron chi connectivity index (χ2n) is 6.75. The van der Waals surface area contributed by atoms with Gasteiger partial charge in [0, 0.05) is 26.7 Å². The predicted molar refractivity (Wildman–Crippen MR) is 105 cm³/mol. The van der Waals surface area contributed by atoms with E-state index in [-0.39, 0.29) is 36.4 Å². The van der Waals surface area contributed by atoms with Crippen LogP contribution >= 0.6 is 0 Å². The van der Waals surface area contributed by atoms with E-state index in [9.17, 15) is 14.4 Å². The van der Waals surface area contributed by atoms with Crippen molar-refractivity contribution in [1.82, 2.24) is 24.0 Å². The molecule has 1 aliphatic rings. The van der Waals surface area contributed by atoms with Gasteiger partial charge in [-0.2, -0.15) is 4.98 Å². The van der Waals surface area contributed by atoms with Crippen molar-refractivity contribution in [1.29, 1.82) is 0 Å². The van der Waals surface area contributed by atoms with Crippen LogP contribution in [0, 0.1) is 0 Å². The molecule has 12 heteroatoms.